The van der Waals surface area contributed by atoms with Gasteiger partial charge in [0, 0.05) is 6.54 Å². The molecule has 0 fully saturated rings. The summed E-state index contributed by atoms with van der Waals surface area (Å²) >= 11 is 0. The van der Waals surface area contributed by atoms with Crippen LogP contribution in [-0.4, -0.2) is 27.5 Å². The van der Waals surface area contributed by atoms with E-state index in [1.54, 1.807) is 13.0 Å². The molecule has 0 saturated carbocycles. The van der Waals surface area contributed by atoms with Gasteiger partial charge in [0.1, 0.15) is 11.6 Å². The van der Waals surface area contributed by atoms with Crippen molar-refractivity contribution >= 4 is 27.3 Å². The van der Waals surface area contributed by atoms with Gasteiger partial charge in [0.2, 0.25) is 0 Å². The number of nitrogens with zero attached hydrogens (tertiary/aromatic N) is 1. The van der Waals surface area contributed by atoms with Crippen LogP contribution in [0.4, 0.5) is 15.8 Å². The van der Waals surface area contributed by atoms with Gasteiger partial charge >= 0.3 is 0 Å². The molecule has 3 aromatic carbocycles. The number of anilines is 2. The van der Waals surface area contributed by atoms with Gasteiger partial charge in [-0.1, -0.05) is 30.3 Å². The van der Waals surface area contributed by atoms with Gasteiger partial charge in [-0.2, -0.15) is 0 Å². The molecule has 4 rings (SSSR count). The van der Waals surface area contributed by atoms with E-state index >= 15 is 0 Å². The first-order valence-electron chi connectivity index (χ1n) is 10.2. The van der Waals surface area contributed by atoms with Crippen LogP contribution >= 0.6 is 0 Å². The summed E-state index contributed by atoms with van der Waals surface area (Å²) in [7, 11) is -3.73. The van der Waals surface area contributed by atoms with Gasteiger partial charge in [0.25, 0.3) is 15.9 Å². The Bertz CT molecular complexity index is 1260. The molecule has 0 spiro atoms. The molecule has 0 aromatic heterocycles. The highest BCUT2D eigenvalue weighted by Crippen LogP contribution is 2.33. The quantitative estimate of drug-likeness (QED) is 0.603. The van der Waals surface area contributed by atoms with Crippen LogP contribution in [0, 0.1) is 12.7 Å². The van der Waals surface area contributed by atoms with Gasteiger partial charge in [-0.3, -0.25) is 9.10 Å². The fourth-order valence-electron chi connectivity index (χ4n) is 3.71. The highest BCUT2D eigenvalue weighted by molar-refractivity contribution is 7.92. The number of sulfonamides is 1. The Morgan fingerprint density at radius 1 is 1.09 bits per heavy atom. The number of ether oxygens (including phenoxy) is 1. The van der Waals surface area contributed by atoms with Crippen LogP contribution < -0.4 is 14.4 Å². The number of benzene rings is 3. The predicted molar refractivity (Wildman–Crippen MR) is 121 cm³/mol. The van der Waals surface area contributed by atoms with E-state index < -0.39 is 21.7 Å². The fourth-order valence-corrected chi connectivity index (χ4v) is 5.34. The maximum atomic E-state index is 13.7. The lowest BCUT2D eigenvalue weighted by atomic mass is 10.0. The molecule has 1 amide bonds. The molecule has 8 heteroatoms. The van der Waals surface area contributed by atoms with Gasteiger partial charge in [-0.05, 0) is 67.3 Å². The van der Waals surface area contributed by atoms with E-state index in [4.69, 9.17) is 4.74 Å². The zero-order chi connectivity index (χ0) is 22.7. The summed E-state index contributed by atoms with van der Waals surface area (Å²) in [6, 6.07) is 17.9. The van der Waals surface area contributed by atoms with Crippen molar-refractivity contribution < 1.29 is 22.3 Å². The Hall–Kier alpha value is -3.39. The predicted octanol–water partition coefficient (Wildman–Crippen LogP) is 4.29. The Morgan fingerprint density at radius 3 is 2.62 bits per heavy atom. The molecule has 1 aliphatic rings. The second kappa shape index (κ2) is 9.00. The van der Waals surface area contributed by atoms with E-state index in [9.17, 15) is 17.6 Å². The van der Waals surface area contributed by atoms with Crippen LogP contribution in [0.5, 0.6) is 5.75 Å². The monoisotopic (exact) mass is 454 g/mol. The van der Waals surface area contributed by atoms with Gasteiger partial charge in [0.15, 0.2) is 6.61 Å². The average molecular weight is 455 g/mol. The Morgan fingerprint density at radius 2 is 1.84 bits per heavy atom. The van der Waals surface area contributed by atoms with E-state index in [0.717, 1.165) is 18.4 Å². The molecular formula is C24H23FN2O4S. The minimum absolute atomic E-state index is 0.0704. The summed E-state index contributed by atoms with van der Waals surface area (Å²) in [5.74, 6) is -0.673. The molecule has 0 bridgehead atoms. The number of carbonyl (C=O) groups excluding carboxylic acids is 1. The molecule has 32 heavy (non-hydrogen) atoms. The van der Waals surface area contributed by atoms with E-state index in [1.807, 2.05) is 24.3 Å². The molecule has 0 atom stereocenters. The smallest absolute Gasteiger partial charge is 0.264 e. The van der Waals surface area contributed by atoms with Crippen molar-refractivity contribution in [1.29, 1.82) is 0 Å². The lowest BCUT2D eigenvalue weighted by Gasteiger charge is -2.30. The minimum Gasteiger partial charge on any atom is -0.483 e. The summed E-state index contributed by atoms with van der Waals surface area (Å²) in [6.45, 7) is 1.81. The van der Waals surface area contributed by atoms with Gasteiger partial charge < -0.3 is 10.1 Å². The molecule has 0 saturated heterocycles. The van der Waals surface area contributed by atoms with Crippen LogP contribution in [0.3, 0.4) is 0 Å². The van der Waals surface area contributed by atoms with Gasteiger partial charge in [-0.25, -0.2) is 12.8 Å². The average Bonchev–Trinajstić information content (AvgIpc) is 2.79. The summed E-state index contributed by atoms with van der Waals surface area (Å²) in [4.78, 5) is 12.3. The molecule has 1 heterocycles. The van der Waals surface area contributed by atoms with Gasteiger partial charge in [-0.15, -0.1) is 0 Å². The van der Waals surface area contributed by atoms with Crippen molar-refractivity contribution in [2.24, 2.45) is 0 Å². The van der Waals surface area contributed by atoms with Crippen LogP contribution in [-0.2, 0) is 21.2 Å². The summed E-state index contributed by atoms with van der Waals surface area (Å²) in [5.41, 5.74) is 2.37. The maximum absolute atomic E-state index is 13.7. The minimum atomic E-state index is -3.73. The number of para-hydroxylation sites is 2. The number of hydrogen-bond acceptors (Lipinski definition) is 4. The van der Waals surface area contributed by atoms with Crippen molar-refractivity contribution in [2.45, 2.75) is 24.7 Å². The van der Waals surface area contributed by atoms with Crippen LogP contribution in [0.25, 0.3) is 0 Å². The molecule has 0 radical (unpaired) electrons. The second-order valence-corrected chi connectivity index (χ2v) is 9.42. The van der Waals surface area contributed by atoms with Crippen LogP contribution in [0.2, 0.25) is 0 Å². The molecule has 3 aromatic rings. The number of hydrogen-bond donors (Lipinski definition) is 1. The SMILES string of the molecule is Cc1cc(S(=O)(=O)N2CCCc3ccccc32)ccc1OCC(=O)Nc1ccccc1F. The molecule has 1 aliphatic heterocycles. The number of amides is 1. The standard InChI is InChI=1S/C24H23FN2O4S/c1-17-15-19(32(29,30)27-14-6-8-18-7-2-5-11-22(18)27)12-13-23(17)31-16-24(28)26-21-10-4-3-9-20(21)25/h2-5,7,9-13,15H,6,8,14,16H2,1H3,(H,26,28). The third-order valence-corrected chi connectivity index (χ3v) is 7.12. The summed E-state index contributed by atoms with van der Waals surface area (Å²) in [6.07, 6.45) is 1.61. The molecular weight excluding hydrogens is 431 g/mol. The first-order chi connectivity index (χ1) is 15.4. The first-order valence-corrected chi connectivity index (χ1v) is 11.7. The highest BCUT2D eigenvalue weighted by atomic mass is 32.2. The number of rotatable bonds is 6. The topological polar surface area (TPSA) is 75.7 Å². The number of aryl methyl sites for hydroxylation is 2. The van der Waals surface area contributed by atoms with E-state index in [-0.39, 0.29) is 17.2 Å². The normalized spacial score (nSPS) is 13.4. The fraction of sp³-hybridized carbons (Fsp3) is 0.208. The summed E-state index contributed by atoms with van der Waals surface area (Å²) in [5, 5.41) is 2.45. The number of carbonyl (C=O) groups is 1. The number of fused-ring (bicyclic) bond motifs is 1. The van der Waals surface area contributed by atoms with Crippen molar-refractivity contribution in [3.63, 3.8) is 0 Å². The van der Waals surface area contributed by atoms with Crippen molar-refractivity contribution in [2.75, 3.05) is 22.8 Å². The largest absolute Gasteiger partial charge is 0.483 e. The highest BCUT2D eigenvalue weighted by Gasteiger charge is 2.29. The Labute approximate surface area is 186 Å². The lowest BCUT2D eigenvalue weighted by molar-refractivity contribution is -0.118. The van der Waals surface area contributed by atoms with Crippen molar-refractivity contribution in [3.8, 4) is 5.75 Å². The third-order valence-electron chi connectivity index (χ3n) is 5.31. The summed E-state index contributed by atoms with van der Waals surface area (Å²) < 4.78 is 47.2. The third kappa shape index (κ3) is 4.45. The molecule has 1 N–H and O–H groups in total. The second-order valence-electron chi connectivity index (χ2n) is 7.55. The zero-order valence-corrected chi connectivity index (χ0v) is 18.4. The Balaban J connectivity index is 1.48. The first kappa shape index (κ1) is 21.8. The molecule has 6 nitrogen and oxygen atoms in total. The van der Waals surface area contributed by atoms with Crippen LogP contribution in [0.1, 0.15) is 17.5 Å². The Kier molecular flexibility index (Phi) is 6.14. The zero-order valence-electron chi connectivity index (χ0n) is 17.5. The maximum Gasteiger partial charge on any atom is 0.264 e. The number of halogens is 1. The van der Waals surface area contributed by atoms with Crippen LogP contribution in [0.15, 0.2) is 71.6 Å². The van der Waals surface area contributed by atoms with Crippen molar-refractivity contribution in [3.05, 3.63) is 83.7 Å². The molecule has 166 valence electrons. The lowest BCUT2D eigenvalue weighted by Crippen LogP contribution is -2.35. The van der Waals surface area contributed by atoms with E-state index in [1.165, 1.54) is 40.7 Å². The molecule has 0 unspecified atom stereocenters. The molecule has 0 aliphatic carbocycles. The van der Waals surface area contributed by atoms with Gasteiger partial charge in [0.05, 0.1) is 16.3 Å². The van der Waals surface area contributed by atoms with E-state index in [0.29, 0.717) is 23.5 Å². The number of nitrogens with one attached hydrogen (secondary N) is 1. The van der Waals surface area contributed by atoms with E-state index in [2.05, 4.69) is 5.32 Å². The van der Waals surface area contributed by atoms with Crippen molar-refractivity contribution in [1.82, 2.24) is 0 Å².